The van der Waals surface area contributed by atoms with E-state index in [9.17, 15) is 4.79 Å². The van der Waals surface area contributed by atoms with E-state index in [-0.39, 0.29) is 18.3 Å². The molecule has 1 aromatic carbocycles. The summed E-state index contributed by atoms with van der Waals surface area (Å²) in [5.41, 5.74) is 6.49. The Morgan fingerprint density at radius 3 is 2.52 bits per heavy atom. The van der Waals surface area contributed by atoms with E-state index in [1.807, 2.05) is 30.0 Å². The zero-order valence-electron chi connectivity index (χ0n) is 15.3. The number of piperazine rings is 1. The number of amides is 1. The monoisotopic (exact) mass is 389 g/mol. The van der Waals surface area contributed by atoms with Crippen LogP contribution in [-0.2, 0) is 11.3 Å². The van der Waals surface area contributed by atoms with Gasteiger partial charge < -0.3 is 15.4 Å². The molecule has 1 aliphatic rings. The molecule has 0 aromatic heterocycles. The van der Waals surface area contributed by atoms with Crippen LogP contribution in [-0.4, -0.2) is 54.5 Å². The van der Waals surface area contributed by atoms with Crippen molar-refractivity contribution in [1.82, 2.24) is 9.80 Å². The number of nitrogens with zero attached hydrogens (tertiary/aromatic N) is 2. The molecule has 1 atom stereocenters. The Labute approximate surface area is 161 Å². The lowest BCUT2D eigenvalue weighted by Crippen LogP contribution is -2.58. The summed E-state index contributed by atoms with van der Waals surface area (Å²) < 4.78 is 5.41. The lowest BCUT2D eigenvalue weighted by Gasteiger charge is -2.38. The summed E-state index contributed by atoms with van der Waals surface area (Å²) in [5, 5.41) is 0.707. The lowest BCUT2D eigenvalue weighted by atomic mass is 9.95. The summed E-state index contributed by atoms with van der Waals surface area (Å²) in [6.07, 6.45) is 1.62. The predicted octanol–water partition coefficient (Wildman–Crippen LogP) is 2.93. The third-order valence-corrected chi connectivity index (χ3v) is 4.79. The van der Waals surface area contributed by atoms with Crippen LogP contribution in [0, 0.1) is 0 Å². The molecule has 25 heavy (non-hydrogen) atoms. The normalized spacial score (nSPS) is 17.6. The molecule has 1 unspecified atom stereocenters. The highest BCUT2D eigenvalue weighted by Crippen LogP contribution is 2.24. The van der Waals surface area contributed by atoms with Gasteiger partial charge in [-0.3, -0.25) is 9.69 Å². The smallest absolute Gasteiger partial charge is 0.242 e. The minimum Gasteiger partial charge on any atom is -0.496 e. The fraction of sp³-hybridized carbons (Fsp3) is 0.611. The van der Waals surface area contributed by atoms with Crippen LogP contribution in [0.25, 0.3) is 0 Å². The van der Waals surface area contributed by atoms with Crippen molar-refractivity contribution in [2.75, 3.05) is 33.3 Å². The minimum atomic E-state index is -0.757. The molecule has 0 radical (unpaired) electrons. The molecule has 0 bridgehead atoms. The van der Waals surface area contributed by atoms with Crippen molar-refractivity contribution in [3.05, 3.63) is 28.8 Å². The number of nitrogens with two attached hydrogens (primary N) is 1. The second-order valence-electron chi connectivity index (χ2n) is 6.69. The Bertz CT molecular complexity index is 573. The van der Waals surface area contributed by atoms with Crippen LogP contribution in [0.15, 0.2) is 18.2 Å². The molecule has 1 fully saturated rings. The first kappa shape index (κ1) is 22.0. The Morgan fingerprint density at radius 2 is 1.96 bits per heavy atom. The summed E-state index contributed by atoms with van der Waals surface area (Å²) in [7, 11) is 1.67. The van der Waals surface area contributed by atoms with Gasteiger partial charge in [-0.05, 0) is 31.5 Å². The number of benzene rings is 1. The molecule has 0 aliphatic carbocycles. The molecule has 5 nitrogen and oxygen atoms in total. The van der Waals surface area contributed by atoms with Crippen molar-refractivity contribution < 1.29 is 9.53 Å². The molecular weight excluding hydrogens is 361 g/mol. The Hall–Kier alpha value is -1.01. The summed E-state index contributed by atoms with van der Waals surface area (Å²) in [6.45, 7) is 7.71. The summed E-state index contributed by atoms with van der Waals surface area (Å²) in [6, 6.07) is 5.66. The Morgan fingerprint density at radius 1 is 1.32 bits per heavy atom. The number of hydrogen-bond acceptors (Lipinski definition) is 4. The van der Waals surface area contributed by atoms with Gasteiger partial charge in [-0.1, -0.05) is 24.9 Å². The van der Waals surface area contributed by atoms with Gasteiger partial charge in [0.25, 0.3) is 0 Å². The Balaban J connectivity index is 0.00000312. The first-order chi connectivity index (χ1) is 11.4. The minimum absolute atomic E-state index is 0. The van der Waals surface area contributed by atoms with E-state index >= 15 is 0 Å². The van der Waals surface area contributed by atoms with Crippen molar-refractivity contribution >= 4 is 29.9 Å². The van der Waals surface area contributed by atoms with Gasteiger partial charge in [-0.25, -0.2) is 0 Å². The van der Waals surface area contributed by atoms with Crippen LogP contribution in [0.1, 0.15) is 32.3 Å². The first-order valence-electron chi connectivity index (χ1n) is 8.50. The van der Waals surface area contributed by atoms with Crippen LogP contribution >= 0.6 is 24.0 Å². The van der Waals surface area contributed by atoms with Crippen molar-refractivity contribution in [2.24, 2.45) is 5.73 Å². The molecule has 1 aromatic rings. The molecule has 1 aliphatic heterocycles. The van der Waals surface area contributed by atoms with E-state index in [0.29, 0.717) is 24.5 Å². The van der Waals surface area contributed by atoms with Crippen LogP contribution in [0.5, 0.6) is 5.75 Å². The predicted molar refractivity (Wildman–Crippen MR) is 105 cm³/mol. The molecule has 2 rings (SSSR count). The first-order valence-corrected chi connectivity index (χ1v) is 8.88. The average Bonchev–Trinajstić information content (AvgIpc) is 2.55. The molecule has 0 spiro atoms. The van der Waals surface area contributed by atoms with E-state index in [1.54, 1.807) is 7.11 Å². The number of carbonyl (C=O) groups is 1. The maximum atomic E-state index is 12.6. The fourth-order valence-corrected chi connectivity index (χ4v) is 3.40. The van der Waals surface area contributed by atoms with Gasteiger partial charge in [0.1, 0.15) is 5.75 Å². The van der Waals surface area contributed by atoms with E-state index in [1.165, 1.54) is 0 Å². The number of carbonyl (C=O) groups excluding carboxylic acids is 1. The molecule has 1 amide bonds. The van der Waals surface area contributed by atoms with Crippen molar-refractivity contribution in [3.8, 4) is 5.75 Å². The maximum Gasteiger partial charge on any atom is 0.242 e. The number of methoxy groups -OCH3 is 1. The second kappa shape index (κ2) is 9.62. The fourth-order valence-electron chi connectivity index (χ4n) is 3.21. The molecule has 7 heteroatoms. The van der Waals surface area contributed by atoms with Gasteiger partial charge in [-0.15, -0.1) is 12.4 Å². The van der Waals surface area contributed by atoms with Crippen molar-refractivity contribution in [3.63, 3.8) is 0 Å². The molecule has 0 saturated carbocycles. The summed E-state index contributed by atoms with van der Waals surface area (Å²) in [5.74, 6) is 0.903. The average molecular weight is 390 g/mol. The lowest BCUT2D eigenvalue weighted by molar-refractivity contribution is -0.138. The van der Waals surface area contributed by atoms with Crippen molar-refractivity contribution in [1.29, 1.82) is 0 Å². The van der Waals surface area contributed by atoms with E-state index in [0.717, 1.165) is 37.4 Å². The van der Waals surface area contributed by atoms with Crippen LogP contribution in [0.4, 0.5) is 0 Å². The van der Waals surface area contributed by atoms with Gasteiger partial charge in [-0.2, -0.15) is 0 Å². The Kier molecular flexibility index (Phi) is 8.48. The van der Waals surface area contributed by atoms with Crippen molar-refractivity contribution in [2.45, 2.75) is 38.8 Å². The zero-order chi connectivity index (χ0) is 17.7. The van der Waals surface area contributed by atoms with Crippen LogP contribution in [0.2, 0.25) is 5.02 Å². The van der Waals surface area contributed by atoms with Gasteiger partial charge in [0, 0.05) is 43.3 Å². The van der Waals surface area contributed by atoms with Gasteiger partial charge in [0.2, 0.25) is 5.91 Å². The van der Waals surface area contributed by atoms with Crippen LogP contribution in [0.3, 0.4) is 0 Å². The largest absolute Gasteiger partial charge is 0.496 e. The highest BCUT2D eigenvalue weighted by molar-refractivity contribution is 6.30. The highest BCUT2D eigenvalue weighted by Gasteiger charge is 2.33. The van der Waals surface area contributed by atoms with Gasteiger partial charge in [0.05, 0.1) is 12.6 Å². The van der Waals surface area contributed by atoms with E-state index in [4.69, 9.17) is 22.1 Å². The topological polar surface area (TPSA) is 58.8 Å². The SMILES string of the molecule is CCCC(C)(N)C(=O)N1CCN(Cc2cc(Cl)ccc2OC)CC1.Cl. The molecule has 142 valence electrons. The quantitative estimate of drug-likeness (QED) is 0.812. The maximum absolute atomic E-state index is 12.6. The molecule has 1 heterocycles. The number of halogens is 2. The standard InChI is InChI=1S/C18H28ClN3O2.ClH/c1-4-7-18(2,20)17(23)22-10-8-21(9-11-22)13-14-12-15(19)5-6-16(14)24-3;/h5-6,12H,4,7-11,13,20H2,1-3H3;1H. The second-order valence-corrected chi connectivity index (χ2v) is 7.13. The molecule has 1 saturated heterocycles. The number of hydrogen-bond donors (Lipinski definition) is 1. The third kappa shape index (κ3) is 5.74. The third-order valence-electron chi connectivity index (χ3n) is 4.55. The molecule has 2 N–H and O–H groups in total. The molecular formula is C18H29Cl2N3O2. The summed E-state index contributed by atoms with van der Waals surface area (Å²) in [4.78, 5) is 16.8. The van der Waals surface area contributed by atoms with Crippen LogP contribution < -0.4 is 10.5 Å². The number of rotatable bonds is 6. The summed E-state index contributed by atoms with van der Waals surface area (Å²) >= 11 is 6.10. The zero-order valence-corrected chi connectivity index (χ0v) is 16.8. The highest BCUT2D eigenvalue weighted by atomic mass is 35.5. The van der Waals surface area contributed by atoms with E-state index < -0.39 is 5.54 Å². The van der Waals surface area contributed by atoms with Gasteiger partial charge >= 0.3 is 0 Å². The number of ether oxygens (including phenoxy) is 1. The van der Waals surface area contributed by atoms with E-state index in [2.05, 4.69) is 11.8 Å². The van der Waals surface area contributed by atoms with Gasteiger partial charge in [0.15, 0.2) is 0 Å².